The Morgan fingerprint density at radius 3 is 2.43 bits per heavy atom. The van der Waals surface area contributed by atoms with E-state index in [2.05, 4.69) is 9.97 Å². The van der Waals surface area contributed by atoms with Gasteiger partial charge in [-0.25, -0.2) is 0 Å². The summed E-state index contributed by atoms with van der Waals surface area (Å²) in [6.45, 7) is 0. The fourth-order valence-corrected chi connectivity index (χ4v) is 2.21. The fourth-order valence-electron chi connectivity index (χ4n) is 2.00. The van der Waals surface area contributed by atoms with Crippen LogP contribution in [-0.2, 0) is 6.18 Å². The first kappa shape index (κ1) is 13.8. The molecule has 0 aliphatic rings. The molecule has 0 amide bonds. The normalized spacial score (nSPS) is 11.8. The van der Waals surface area contributed by atoms with Crippen molar-refractivity contribution in [1.29, 1.82) is 0 Å². The lowest BCUT2D eigenvalue weighted by Crippen LogP contribution is -2.05. The molecule has 0 fully saturated rings. The zero-order chi connectivity index (χ0) is 15.0. The van der Waals surface area contributed by atoms with Gasteiger partial charge in [0.1, 0.15) is 0 Å². The molecule has 0 unspecified atom stereocenters. The second-order valence-corrected chi connectivity index (χ2v) is 4.86. The van der Waals surface area contributed by atoms with Crippen molar-refractivity contribution < 1.29 is 13.2 Å². The molecule has 2 aromatic heterocycles. The molecule has 0 bridgehead atoms. The first-order valence-corrected chi connectivity index (χ1v) is 6.41. The Kier molecular flexibility index (Phi) is 3.29. The lowest BCUT2D eigenvalue weighted by molar-refractivity contribution is -0.137. The summed E-state index contributed by atoms with van der Waals surface area (Å²) in [4.78, 5) is 8.04. The van der Waals surface area contributed by atoms with Crippen LogP contribution >= 0.6 is 11.6 Å². The minimum absolute atomic E-state index is 0.449. The highest BCUT2D eigenvalue weighted by atomic mass is 35.5. The molecule has 0 saturated heterocycles. The zero-order valence-corrected chi connectivity index (χ0v) is 11.3. The van der Waals surface area contributed by atoms with Crippen molar-refractivity contribution in [3.63, 3.8) is 0 Å². The number of alkyl halides is 3. The Labute approximate surface area is 123 Å². The van der Waals surface area contributed by atoms with Crippen LogP contribution in [0, 0.1) is 0 Å². The quantitative estimate of drug-likeness (QED) is 0.634. The second-order valence-electron chi connectivity index (χ2n) is 4.45. The van der Waals surface area contributed by atoms with Gasteiger partial charge < -0.3 is 0 Å². The van der Waals surface area contributed by atoms with Crippen LogP contribution in [0.4, 0.5) is 13.2 Å². The monoisotopic (exact) mass is 308 g/mol. The molecular weight excluding hydrogens is 301 g/mol. The van der Waals surface area contributed by atoms with Gasteiger partial charge in [0.15, 0.2) is 0 Å². The number of fused-ring (bicyclic) bond motifs is 1. The van der Waals surface area contributed by atoms with E-state index in [9.17, 15) is 13.2 Å². The van der Waals surface area contributed by atoms with Crippen LogP contribution in [0.2, 0.25) is 5.02 Å². The Morgan fingerprint density at radius 1 is 0.952 bits per heavy atom. The molecule has 0 N–H and O–H groups in total. The van der Waals surface area contributed by atoms with E-state index < -0.39 is 11.7 Å². The van der Waals surface area contributed by atoms with Crippen molar-refractivity contribution in [1.82, 2.24) is 9.97 Å². The first-order valence-electron chi connectivity index (χ1n) is 6.03. The Bertz CT molecular complexity index is 798. The van der Waals surface area contributed by atoms with E-state index >= 15 is 0 Å². The van der Waals surface area contributed by atoms with Gasteiger partial charge in [0.25, 0.3) is 0 Å². The number of halogens is 4. The maximum atomic E-state index is 12.5. The predicted octanol–water partition coefficient (Wildman–Crippen LogP) is 4.97. The number of hydrogen-bond donors (Lipinski definition) is 0. The van der Waals surface area contributed by atoms with Crippen LogP contribution in [0.15, 0.2) is 48.8 Å². The van der Waals surface area contributed by atoms with E-state index in [0.717, 1.165) is 23.2 Å². The summed E-state index contributed by atoms with van der Waals surface area (Å²) in [6, 6.07) is 9.29. The van der Waals surface area contributed by atoms with Gasteiger partial charge in [-0.15, -0.1) is 0 Å². The summed E-state index contributed by atoms with van der Waals surface area (Å²) in [5.41, 5.74) is 1.08. The summed E-state index contributed by atoms with van der Waals surface area (Å²) in [5.74, 6) is 0. The molecule has 0 aliphatic heterocycles. The van der Waals surface area contributed by atoms with Crippen LogP contribution in [0.5, 0.6) is 0 Å². The van der Waals surface area contributed by atoms with E-state index in [0.29, 0.717) is 16.3 Å². The number of benzene rings is 1. The maximum absolute atomic E-state index is 12.5. The molecule has 3 aromatic rings. The molecule has 2 nitrogen and oxygen atoms in total. The largest absolute Gasteiger partial charge is 0.417 e. The molecule has 0 atom stereocenters. The highest BCUT2D eigenvalue weighted by molar-refractivity contribution is 6.35. The van der Waals surface area contributed by atoms with Crippen molar-refractivity contribution >= 4 is 22.5 Å². The molecule has 21 heavy (non-hydrogen) atoms. The minimum atomic E-state index is -4.39. The van der Waals surface area contributed by atoms with Gasteiger partial charge in [0, 0.05) is 23.3 Å². The molecule has 1 aromatic carbocycles. The lowest BCUT2D eigenvalue weighted by Gasteiger charge is -2.08. The summed E-state index contributed by atoms with van der Waals surface area (Å²) < 4.78 is 37.6. The average Bonchev–Trinajstić information content (AvgIpc) is 2.47. The fraction of sp³-hybridized carbons (Fsp3) is 0.0667. The standard InChI is InChI=1S/C15H8ClF3N2/c16-12-5-6-20-14-3-1-9(7-11(12)14)13-4-2-10(8-21-13)15(17,18)19/h1-8H. The molecule has 0 aliphatic carbocycles. The molecule has 106 valence electrons. The van der Waals surface area contributed by atoms with Gasteiger partial charge in [-0.2, -0.15) is 13.2 Å². The van der Waals surface area contributed by atoms with Crippen molar-refractivity contribution in [2.45, 2.75) is 6.18 Å². The van der Waals surface area contributed by atoms with Gasteiger partial charge >= 0.3 is 6.18 Å². The van der Waals surface area contributed by atoms with Crippen molar-refractivity contribution in [2.24, 2.45) is 0 Å². The van der Waals surface area contributed by atoms with Crippen LogP contribution in [0.25, 0.3) is 22.2 Å². The Hall–Kier alpha value is -2.14. The first-order chi connectivity index (χ1) is 9.95. The summed E-state index contributed by atoms with van der Waals surface area (Å²) in [7, 11) is 0. The van der Waals surface area contributed by atoms with Crippen LogP contribution < -0.4 is 0 Å². The Balaban J connectivity index is 2.06. The average molecular weight is 309 g/mol. The third kappa shape index (κ3) is 2.69. The van der Waals surface area contributed by atoms with Gasteiger partial charge in [-0.3, -0.25) is 9.97 Å². The molecular formula is C15H8ClF3N2. The zero-order valence-electron chi connectivity index (χ0n) is 10.5. The smallest absolute Gasteiger partial charge is 0.256 e. The van der Waals surface area contributed by atoms with E-state index in [1.165, 1.54) is 6.07 Å². The molecule has 6 heteroatoms. The SMILES string of the molecule is FC(F)(F)c1ccc(-c2ccc3nccc(Cl)c3c2)nc1. The van der Waals surface area contributed by atoms with Gasteiger partial charge in [0.05, 0.1) is 21.8 Å². The molecule has 0 spiro atoms. The van der Waals surface area contributed by atoms with Crippen LogP contribution in [-0.4, -0.2) is 9.97 Å². The Morgan fingerprint density at radius 2 is 1.76 bits per heavy atom. The highest BCUT2D eigenvalue weighted by Crippen LogP contribution is 2.31. The molecule has 0 radical (unpaired) electrons. The highest BCUT2D eigenvalue weighted by Gasteiger charge is 2.30. The second kappa shape index (κ2) is 5.00. The van der Waals surface area contributed by atoms with E-state index in [1.807, 2.05) is 0 Å². The third-order valence-corrected chi connectivity index (χ3v) is 3.40. The van der Waals surface area contributed by atoms with Gasteiger partial charge in [-0.1, -0.05) is 17.7 Å². The van der Waals surface area contributed by atoms with E-state index in [1.54, 1.807) is 30.5 Å². The number of nitrogens with zero attached hydrogens (tertiary/aromatic N) is 2. The van der Waals surface area contributed by atoms with E-state index in [-0.39, 0.29) is 0 Å². The number of pyridine rings is 2. The molecule has 2 heterocycles. The van der Waals surface area contributed by atoms with E-state index in [4.69, 9.17) is 11.6 Å². The number of hydrogen-bond acceptors (Lipinski definition) is 2. The van der Waals surface area contributed by atoms with Gasteiger partial charge in [-0.05, 0) is 30.3 Å². The minimum Gasteiger partial charge on any atom is -0.256 e. The van der Waals surface area contributed by atoms with Crippen molar-refractivity contribution in [3.05, 3.63) is 59.4 Å². The van der Waals surface area contributed by atoms with Crippen LogP contribution in [0.1, 0.15) is 5.56 Å². The van der Waals surface area contributed by atoms with Gasteiger partial charge in [0.2, 0.25) is 0 Å². The topological polar surface area (TPSA) is 25.8 Å². The molecule has 3 rings (SSSR count). The summed E-state index contributed by atoms with van der Waals surface area (Å²) >= 11 is 6.09. The van der Waals surface area contributed by atoms with Crippen LogP contribution in [0.3, 0.4) is 0 Å². The number of rotatable bonds is 1. The van der Waals surface area contributed by atoms with Crippen molar-refractivity contribution in [3.8, 4) is 11.3 Å². The predicted molar refractivity (Wildman–Crippen MR) is 75.0 cm³/mol. The third-order valence-electron chi connectivity index (χ3n) is 3.07. The van der Waals surface area contributed by atoms with Crippen molar-refractivity contribution in [2.75, 3.05) is 0 Å². The lowest BCUT2D eigenvalue weighted by atomic mass is 10.1. The summed E-state index contributed by atoms with van der Waals surface area (Å²) in [5, 5.41) is 1.27. The number of aromatic nitrogens is 2. The summed E-state index contributed by atoms with van der Waals surface area (Å²) in [6.07, 6.45) is -1.97. The molecule has 0 saturated carbocycles. The maximum Gasteiger partial charge on any atom is 0.417 e.